The van der Waals surface area contributed by atoms with E-state index in [0.717, 1.165) is 18.6 Å². The molecule has 4 N–H and O–H groups in total. The molecular weight excluding hydrogens is 288 g/mol. The van der Waals surface area contributed by atoms with Gasteiger partial charge in [-0.25, -0.2) is 0 Å². The van der Waals surface area contributed by atoms with Gasteiger partial charge in [-0.15, -0.1) is 11.8 Å². The van der Waals surface area contributed by atoms with E-state index in [1.807, 2.05) is 23.9 Å². The molecule has 0 radical (unpaired) electrons. The van der Waals surface area contributed by atoms with E-state index in [1.165, 1.54) is 16.7 Å². The van der Waals surface area contributed by atoms with Gasteiger partial charge in [0.05, 0.1) is 11.9 Å². The number of anilines is 1. The normalized spacial score (nSPS) is 13.5. The van der Waals surface area contributed by atoms with Crippen LogP contribution in [-0.2, 0) is 6.42 Å². The number of aromatic nitrogens is 2. The van der Waals surface area contributed by atoms with Crippen molar-refractivity contribution in [3.8, 4) is 0 Å². The van der Waals surface area contributed by atoms with Crippen LogP contribution < -0.4 is 11.1 Å². The number of H-pyrrole nitrogens is 1. The standard InChI is InChI=1S/C14H14N4O2S/c15-13(19)12-10(7-16-18-12)17-14(20)9-3-4-11-8(6-9)2-1-5-21-11/h3-4,6-7H,1-2,5H2,(H2,15,19)(H,16,18)(H,17,20). The van der Waals surface area contributed by atoms with Crippen molar-refractivity contribution < 1.29 is 9.59 Å². The van der Waals surface area contributed by atoms with E-state index in [1.54, 1.807) is 6.07 Å². The lowest BCUT2D eigenvalue weighted by molar-refractivity contribution is 0.0996. The number of hydrogen-bond acceptors (Lipinski definition) is 4. The van der Waals surface area contributed by atoms with Crippen molar-refractivity contribution in [1.82, 2.24) is 10.2 Å². The molecule has 0 bridgehead atoms. The van der Waals surface area contributed by atoms with Crippen LogP contribution in [0.25, 0.3) is 0 Å². The van der Waals surface area contributed by atoms with Crippen LogP contribution in [-0.4, -0.2) is 27.8 Å². The third kappa shape index (κ3) is 2.78. The molecule has 0 saturated heterocycles. The van der Waals surface area contributed by atoms with E-state index in [2.05, 4.69) is 15.5 Å². The van der Waals surface area contributed by atoms with E-state index >= 15 is 0 Å². The lowest BCUT2D eigenvalue weighted by Gasteiger charge is -2.15. The lowest BCUT2D eigenvalue weighted by Crippen LogP contribution is -2.18. The van der Waals surface area contributed by atoms with Gasteiger partial charge in [-0.1, -0.05) is 0 Å². The first-order chi connectivity index (χ1) is 10.1. The third-order valence-electron chi connectivity index (χ3n) is 3.30. The van der Waals surface area contributed by atoms with Gasteiger partial charge in [-0.05, 0) is 42.4 Å². The zero-order chi connectivity index (χ0) is 14.8. The largest absolute Gasteiger partial charge is 0.364 e. The summed E-state index contributed by atoms with van der Waals surface area (Å²) in [6, 6.07) is 5.66. The van der Waals surface area contributed by atoms with Gasteiger partial charge in [-0.3, -0.25) is 14.7 Å². The second kappa shape index (κ2) is 5.61. The number of carbonyl (C=O) groups excluding carboxylic acids is 2. The monoisotopic (exact) mass is 302 g/mol. The molecule has 1 aromatic heterocycles. The van der Waals surface area contributed by atoms with E-state index in [0.29, 0.717) is 11.3 Å². The molecule has 0 fully saturated rings. The minimum atomic E-state index is -0.662. The SMILES string of the molecule is NC(=O)c1[nH]ncc1NC(=O)c1ccc2c(c1)CCCS2. The topological polar surface area (TPSA) is 101 Å². The van der Waals surface area contributed by atoms with Gasteiger partial charge in [0.1, 0.15) is 5.69 Å². The highest BCUT2D eigenvalue weighted by Crippen LogP contribution is 2.30. The molecule has 6 nitrogen and oxygen atoms in total. The van der Waals surface area contributed by atoms with Gasteiger partial charge >= 0.3 is 0 Å². The Morgan fingerprint density at radius 2 is 2.24 bits per heavy atom. The molecule has 108 valence electrons. The molecule has 2 aromatic rings. The summed E-state index contributed by atoms with van der Waals surface area (Å²) in [6.45, 7) is 0. The molecule has 7 heteroatoms. The van der Waals surface area contributed by atoms with Crippen molar-refractivity contribution in [2.75, 3.05) is 11.1 Å². The van der Waals surface area contributed by atoms with Crippen LogP contribution in [0.2, 0.25) is 0 Å². The van der Waals surface area contributed by atoms with Gasteiger partial charge in [0, 0.05) is 10.5 Å². The predicted octanol–water partition coefficient (Wildman–Crippen LogP) is 1.80. The van der Waals surface area contributed by atoms with Gasteiger partial charge in [0.15, 0.2) is 0 Å². The van der Waals surface area contributed by atoms with Crippen molar-refractivity contribution in [2.45, 2.75) is 17.7 Å². The quantitative estimate of drug-likeness (QED) is 0.804. The van der Waals surface area contributed by atoms with Crippen LogP contribution >= 0.6 is 11.8 Å². The Hall–Kier alpha value is -2.28. The Balaban J connectivity index is 1.82. The number of primary amides is 1. The number of amides is 2. The number of aromatic amines is 1. The number of nitrogens with two attached hydrogens (primary N) is 1. The second-order valence-corrected chi connectivity index (χ2v) is 5.89. The molecular formula is C14H14N4O2S. The van der Waals surface area contributed by atoms with Crippen molar-refractivity contribution >= 4 is 29.3 Å². The molecule has 21 heavy (non-hydrogen) atoms. The Morgan fingerprint density at radius 1 is 1.38 bits per heavy atom. The van der Waals surface area contributed by atoms with E-state index in [4.69, 9.17) is 5.73 Å². The Morgan fingerprint density at radius 3 is 3.05 bits per heavy atom. The number of thioether (sulfide) groups is 1. The minimum Gasteiger partial charge on any atom is -0.364 e. The molecule has 0 saturated carbocycles. The first-order valence-electron chi connectivity index (χ1n) is 6.55. The van der Waals surface area contributed by atoms with E-state index < -0.39 is 5.91 Å². The van der Waals surface area contributed by atoms with Crippen LogP contribution in [0.5, 0.6) is 0 Å². The predicted molar refractivity (Wildman–Crippen MR) is 80.5 cm³/mol. The molecule has 2 amide bonds. The first-order valence-corrected chi connectivity index (χ1v) is 7.54. The molecule has 3 rings (SSSR count). The van der Waals surface area contributed by atoms with Crippen molar-refractivity contribution in [2.24, 2.45) is 5.73 Å². The number of aryl methyl sites for hydroxylation is 1. The fourth-order valence-corrected chi connectivity index (χ4v) is 3.28. The van der Waals surface area contributed by atoms with Crippen LogP contribution in [0.15, 0.2) is 29.3 Å². The third-order valence-corrected chi connectivity index (χ3v) is 4.51. The summed E-state index contributed by atoms with van der Waals surface area (Å²) in [4.78, 5) is 24.7. The Kier molecular flexibility index (Phi) is 3.66. The van der Waals surface area contributed by atoms with Crippen LogP contribution in [0, 0.1) is 0 Å². The number of nitrogens with one attached hydrogen (secondary N) is 2. The zero-order valence-corrected chi connectivity index (χ0v) is 12.0. The number of benzene rings is 1. The van der Waals surface area contributed by atoms with Gasteiger partial charge < -0.3 is 11.1 Å². The average Bonchev–Trinajstić information content (AvgIpc) is 2.95. The van der Waals surface area contributed by atoms with Gasteiger partial charge in [0.25, 0.3) is 11.8 Å². The summed E-state index contributed by atoms with van der Waals surface area (Å²) in [5.74, 6) is 0.178. The highest BCUT2D eigenvalue weighted by Gasteiger charge is 2.16. The summed E-state index contributed by atoms with van der Waals surface area (Å²) >= 11 is 1.81. The maximum Gasteiger partial charge on any atom is 0.268 e. The lowest BCUT2D eigenvalue weighted by atomic mass is 10.1. The van der Waals surface area contributed by atoms with Crippen molar-refractivity contribution in [3.63, 3.8) is 0 Å². The number of hydrogen-bond donors (Lipinski definition) is 3. The second-order valence-electron chi connectivity index (χ2n) is 4.75. The van der Waals surface area contributed by atoms with Crippen molar-refractivity contribution in [3.05, 3.63) is 41.2 Å². The van der Waals surface area contributed by atoms with Crippen LogP contribution in [0.4, 0.5) is 5.69 Å². The fraction of sp³-hybridized carbons (Fsp3) is 0.214. The highest BCUT2D eigenvalue weighted by molar-refractivity contribution is 7.99. The van der Waals surface area contributed by atoms with Gasteiger partial charge in [0.2, 0.25) is 0 Å². The summed E-state index contributed by atoms with van der Waals surface area (Å²) in [5.41, 5.74) is 7.34. The highest BCUT2D eigenvalue weighted by atomic mass is 32.2. The number of nitrogens with zero attached hydrogens (tertiary/aromatic N) is 1. The number of rotatable bonds is 3. The van der Waals surface area contributed by atoms with Crippen LogP contribution in [0.3, 0.4) is 0 Å². The Bertz CT molecular complexity index is 711. The van der Waals surface area contributed by atoms with E-state index in [9.17, 15) is 9.59 Å². The van der Waals surface area contributed by atoms with E-state index in [-0.39, 0.29) is 11.6 Å². The molecule has 0 unspecified atom stereocenters. The van der Waals surface area contributed by atoms with Crippen molar-refractivity contribution in [1.29, 1.82) is 0 Å². The zero-order valence-electron chi connectivity index (χ0n) is 11.2. The number of fused-ring (bicyclic) bond motifs is 1. The molecule has 1 aliphatic heterocycles. The molecule has 1 aromatic carbocycles. The maximum atomic E-state index is 12.3. The smallest absolute Gasteiger partial charge is 0.268 e. The summed E-state index contributed by atoms with van der Waals surface area (Å²) in [6.07, 6.45) is 3.48. The van der Waals surface area contributed by atoms with Crippen LogP contribution in [0.1, 0.15) is 32.8 Å². The Labute approximate surface area is 125 Å². The first kappa shape index (κ1) is 13.7. The summed E-state index contributed by atoms with van der Waals surface area (Å²) in [5, 5.41) is 8.84. The molecule has 0 spiro atoms. The molecule has 0 aliphatic carbocycles. The maximum absolute atomic E-state index is 12.3. The van der Waals surface area contributed by atoms with Gasteiger partial charge in [-0.2, -0.15) is 5.10 Å². The molecule has 1 aliphatic rings. The summed E-state index contributed by atoms with van der Waals surface area (Å²) in [7, 11) is 0. The number of carbonyl (C=O) groups is 2. The summed E-state index contributed by atoms with van der Waals surface area (Å²) < 4.78 is 0. The minimum absolute atomic E-state index is 0.0943. The average molecular weight is 302 g/mol. The fourth-order valence-electron chi connectivity index (χ4n) is 2.26. The molecule has 0 atom stereocenters. The molecule has 2 heterocycles.